The highest BCUT2D eigenvalue weighted by molar-refractivity contribution is 5.76. The quantitative estimate of drug-likeness (QED) is 0.217. The summed E-state index contributed by atoms with van der Waals surface area (Å²) in [4.78, 5) is 60.9. The highest BCUT2D eigenvalue weighted by Crippen LogP contribution is 2.56. The predicted molar refractivity (Wildman–Crippen MR) is 165 cm³/mol. The number of hydrogen-bond donors (Lipinski definition) is 0. The molecule has 0 bridgehead atoms. The number of hydrogen-bond acceptors (Lipinski definition) is 14. The molecule has 3 atom stereocenters. The zero-order valence-electron chi connectivity index (χ0n) is 27.5. The van der Waals surface area contributed by atoms with Crippen LogP contribution in [0.1, 0.15) is 63.3 Å². The molecule has 14 nitrogen and oxygen atoms in total. The lowest BCUT2D eigenvalue weighted by atomic mass is 9.78. The Labute approximate surface area is 275 Å². The number of carbonyl (C=O) groups is 5. The maximum absolute atomic E-state index is 12.8. The Morgan fingerprint density at radius 3 is 1.60 bits per heavy atom. The highest BCUT2D eigenvalue weighted by Gasteiger charge is 2.47. The Balaban J connectivity index is 2.12. The molecule has 0 unspecified atom stereocenters. The third kappa shape index (κ3) is 7.77. The number of carbonyl (C=O) groups excluding carboxylic acids is 5. The summed E-state index contributed by atoms with van der Waals surface area (Å²) in [5, 5.41) is 0. The van der Waals surface area contributed by atoms with Crippen molar-refractivity contribution >= 4 is 29.8 Å². The molecule has 0 aromatic heterocycles. The lowest BCUT2D eigenvalue weighted by Gasteiger charge is -2.40. The van der Waals surface area contributed by atoms with Gasteiger partial charge in [0.2, 0.25) is 0 Å². The summed E-state index contributed by atoms with van der Waals surface area (Å²) in [6.07, 6.45) is -2.42. The molecule has 0 fully saturated rings. The van der Waals surface area contributed by atoms with Gasteiger partial charge in [0.15, 0.2) is 23.7 Å². The maximum Gasteiger partial charge on any atom is 0.308 e. The molecule has 1 heterocycles. The second-order valence-corrected chi connectivity index (χ2v) is 10.4. The Hall–Kier alpha value is -5.79. The van der Waals surface area contributed by atoms with Gasteiger partial charge in [0, 0.05) is 75.6 Å². The first-order valence-electron chi connectivity index (χ1n) is 14.5. The van der Waals surface area contributed by atoms with Gasteiger partial charge in [-0.2, -0.15) is 0 Å². The first kappa shape index (κ1) is 35.1. The molecule has 14 heteroatoms. The smallest absolute Gasteiger partial charge is 0.308 e. The number of ether oxygens (including phenoxy) is 9. The van der Waals surface area contributed by atoms with Gasteiger partial charge in [-0.05, 0) is 12.1 Å². The van der Waals surface area contributed by atoms with E-state index < -0.39 is 48.0 Å². The van der Waals surface area contributed by atoms with Gasteiger partial charge in [0.05, 0.1) is 27.2 Å². The van der Waals surface area contributed by atoms with Gasteiger partial charge in [-0.25, -0.2) is 0 Å². The van der Waals surface area contributed by atoms with Crippen LogP contribution in [-0.2, 0) is 28.7 Å². The van der Waals surface area contributed by atoms with E-state index in [2.05, 4.69) is 0 Å². The minimum Gasteiger partial charge on any atom is -0.496 e. The Kier molecular flexibility index (Phi) is 10.8. The minimum absolute atomic E-state index is 0.0135. The third-order valence-corrected chi connectivity index (χ3v) is 6.95. The van der Waals surface area contributed by atoms with E-state index in [-0.39, 0.29) is 45.8 Å². The van der Waals surface area contributed by atoms with Crippen LogP contribution < -0.4 is 37.9 Å². The van der Waals surface area contributed by atoms with Crippen LogP contribution in [0.5, 0.6) is 46.0 Å². The van der Waals surface area contributed by atoms with E-state index in [1.165, 1.54) is 86.3 Å². The van der Waals surface area contributed by atoms with Crippen LogP contribution in [0.3, 0.4) is 0 Å². The second-order valence-electron chi connectivity index (χ2n) is 10.4. The fourth-order valence-corrected chi connectivity index (χ4v) is 5.39. The molecule has 0 aliphatic carbocycles. The minimum atomic E-state index is -1.25. The van der Waals surface area contributed by atoms with Crippen LogP contribution in [0, 0.1) is 0 Å². The van der Waals surface area contributed by atoms with Gasteiger partial charge in [0.25, 0.3) is 0 Å². The van der Waals surface area contributed by atoms with Gasteiger partial charge in [-0.1, -0.05) is 6.07 Å². The van der Waals surface area contributed by atoms with Crippen LogP contribution in [-0.4, -0.2) is 57.3 Å². The molecule has 254 valence electrons. The number of fused-ring (bicyclic) bond motifs is 1. The standard InChI is InChI=1S/C34H34O14/c1-16(35)43-23-14-28(46-19(4)38)31-29(15-23)48-33(21-9-10-24(44-17(2)36)25(11-21)45-18(3)37)34(47-20(5)39)32(31)30-26(41-7)12-22(40-6)13-27(30)42-8/h9-15,32-34H,1-8H3/t32-,33-,34-/m1/s1. The molecule has 0 saturated carbocycles. The number of esters is 5. The Morgan fingerprint density at radius 2 is 1.08 bits per heavy atom. The van der Waals surface area contributed by atoms with Crippen molar-refractivity contribution in [2.75, 3.05) is 21.3 Å². The molecule has 1 aliphatic rings. The zero-order chi connectivity index (χ0) is 35.3. The number of rotatable bonds is 10. The monoisotopic (exact) mass is 666 g/mol. The molecular formula is C34H34O14. The summed E-state index contributed by atoms with van der Waals surface area (Å²) in [7, 11) is 4.31. The van der Waals surface area contributed by atoms with Gasteiger partial charge in [-0.3, -0.25) is 24.0 Å². The summed E-state index contributed by atoms with van der Waals surface area (Å²) >= 11 is 0. The van der Waals surface area contributed by atoms with Crippen LogP contribution in [0.2, 0.25) is 0 Å². The molecule has 0 N–H and O–H groups in total. The lowest BCUT2D eigenvalue weighted by Crippen LogP contribution is -2.39. The van der Waals surface area contributed by atoms with E-state index in [0.717, 1.165) is 0 Å². The SMILES string of the molecule is COc1cc(OC)c([C@@H]2c3c(OC(C)=O)cc(OC(C)=O)cc3O[C@H](c3ccc(OC(C)=O)c(OC(C)=O)c3)[C@@H]2OC(C)=O)c(OC)c1. The van der Waals surface area contributed by atoms with E-state index >= 15 is 0 Å². The van der Waals surface area contributed by atoms with Crippen molar-refractivity contribution in [2.45, 2.75) is 52.7 Å². The molecular weight excluding hydrogens is 632 g/mol. The van der Waals surface area contributed by atoms with E-state index in [0.29, 0.717) is 16.9 Å². The van der Waals surface area contributed by atoms with Crippen molar-refractivity contribution in [3.8, 4) is 46.0 Å². The lowest BCUT2D eigenvalue weighted by molar-refractivity contribution is -0.154. The summed E-state index contributed by atoms with van der Waals surface area (Å²) in [6.45, 7) is 5.95. The van der Waals surface area contributed by atoms with Crippen LogP contribution in [0.25, 0.3) is 0 Å². The highest BCUT2D eigenvalue weighted by atomic mass is 16.6. The molecule has 4 rings (SSSR count). The Bertz CT molecular complexity index is 1740. The van der Waals surface area contributed by atoms with E-state index in [1.54, 1.807) is 12.1 Å². The Morgan fingerprint density at radius 1 is 0.542 bits per heavy atom. The molecule has 0 spiro atoms. The van der Waals surface area contributed by atoms with Crippen LogP contribution in [0.15, 0.2) is 42.5 Å². The molecule has 0 saturated heterocycles. The second kappa shape index (κ2) is 14.8. The van der Waals surface area contributed by atoms with Crippen LogP contribution in [0.4, 0.5) is 0 Å². The molecule has 48 heavy (non-hydrogen) atoms. The fraction of sp³-hybridized carbons (Fsp3) is 0.324. The number of benzene rings is 3. The van der Waals surface area contributed by atoms with E-state index in [9.17, 15) is 24.0 Å². The molecule has 3 aromatic rings. The largest absolute Gasteiger partial charge is 0.496 e. The first-order chi connectivity index (χ1) is 22.8. The molecule has 1 aliphatic heterocycles. The van der Waals surface area contributed by atoms with Crippen molar-refractivity contribution < 1.29 is 66.6 Å². The molecule has 3 aromatic carbocycles. The topological polar surface area (TPSA) is 168 Å². The normalized spacial score (nSPS) is 16.3. The summed E-state index contributed by atoms with van der Waals surface area (Å²) in [5.41, 5.74) is 0.886. The average Bonchev–Trinajstić information content (AvgIpc) is 2.99. The maximum atomic E-state index is 12.8. The van der Waals surface area contributed by atoms with Crippen molar-refractivity contribution in [3.05, 3.63) is 59.2 Å². The molecule has 0 radical (unpaired) electrons. The van der Waals surface area contributed by atoms with Crippen molar-refractivity contribution in [1.82, 2.24) is 0 Å². The average molecular weight is 667 g/mol. The van der Waals surface area contributed by atoms with Gasteiger partial charge in [-0.15, -0.1) is 0 Å². The molecule has 0 amide bonds. The summed E-state index contributed by atoms with van der Waals surface area (Å²) in [5.74, 6) is -3.75. The van der Waals surface area contributed by atoms with E-state index in [1.807, 2.05) is 0 Å². The number of methoxy groups -OCH3 is 3. The predicted octanol–water partition coefficient (Wildman–Crippen LogP) is 4.61. The van der Waals surface area contributed by atoms with Crippen molar-refractivity contribution in [1.29, 1.82) is 0 Å². The van der Waals surface area contributed by atoms with Crippen molar-refractivity contribution in [3.63, 3.8) is 0 Å². The first-order valence-corrected chi connectivity index (χ1v) is 14.5. The van der Waals surface area contributed by atoms with Gasteiger partial charge in [0.1, 0.15) is 34.5 Å². The van der Waals surface area contributed by atoms with E-state index in [4.69, 9.17) is 42.6 Å². The summed E-state index contributed by atoms with van der Waals surface area (Å²) in [6, 6.07) is 10.3. The summed E-state index contributed by atoms with van der Waals surface area (Å²) < 4.78 is 51.0. The third-order valence-electron chi connectivity index (χ3n) is 6.95. The zero-order valence-corrected chi connectivity index (χ0v) is 27.5. The van der Waals surface area contributed by atoms with Crippen LogP contribution >= 0.6 is 0 Å². The fourth-order valence-electron chi connectivity index (χ4n) is 5.39. The van der Waals surface area contributed by atoms with Gasteiger partial charge < -0.3 is 42.6 Å². The van der Waals surface area contributed by atoms with Crippen molar-refractivity contribution in [2.24, 2.45) is 0 Å². The van der Waals surface area contributed by atoms with Gasteiger partial charge >= 0.3 is 29.8 Å².